The third kappa shape index (κ3) is 2.16. The Hall–Kier alpha value is -1.96. The maximum atomic E-state index is 5.65. The lowest BCUT2D eigenvalue weighted by molar-refractivity contribution is 1.36. The van der Waals surface area contributed by atoms with Gasteiger partial charge in [0.25, 0.3) is 0 Å². The summed E-state index contributed by atoms with van der Waals surface area (Å²) in [5.74, 6) is 0. The van der Waals surface area contributed by atoms with E-state index in [9.17, 15) is 0 Å². The zero-order valence-electron chi connectivity index (χ0n) is 9.62. The molecular formula is C14H16N2. The number of benzene rings is 2. The number of nitrogen functional groups attached to an aromatic ring is 1. The summed E-state index contributed by atoms with van der Waals surface area (Å²) in [4.78, 5) is 0. The van der Waals surface area contributed by atoms with E-state index in [1.54, 1.807) is 0 Å². The van der Waals surface area contributed by atoms with Gasteiger partial charge in [-0.2, -0.15) is 0 Å². The highest BCUT2D eigenvalue weighted by molar-refractivity contribution is 5.67. The molecule has 0 bridgehead atoms. The van der Waals surface area contributed by atoms with Gasteiger partial charge in [0.15, 0.2) is 0 Å². The van der Waals surface area contributed by atoms with Crippen LogP contribution in [-0.2, 0) is 0 Å². The Morgan fingerprint density at radius 2 is 1.44 bits per heavy atom. The number of hydrogen-bond acceptors (Lipinski definition) is 2. The molecule has 0 radical (unpaired) electrons. The maximum Gasteiger partial charge on any atom is 0.0443 e. The standard InChI is InChI=1S/C14H16N2/c1-10-4-3-5-11(2)14(10)16-13-8-6-12(15)7-9-13/h3-9,16H,15H2,1-2H3. The minimum atomic E-state index is 0.784. The Morgan fingerprint density at radius 3 is 2.00 bits per heavy atom. The summed E-state index contributed by atoms with van der Waals surface area (Å²) in [6.07, 6.45) is 0. The van der Waals surface area contributed by atoms with Gasteiger partial charge in [-0.05, 0) is 49.2 Å². The van der Waals surface area contributed by atoms with E-state index in [2.05, 4.69) is 37.4 Å². The fraction of sp³-hybridized carbons (Fsp3) is 0.143. The van der Waals surface area contributed by atoms with Crippen molar-refractivity contribution in [1.29, 1.82) is 0 Å². The summed E-state index contributed by atoms with van der Waals surface area (Å²) in [5.41, 5.74) is 11.2. The molecule has 2 aromatic rings. The summed E-state index contributed by atoms with van der Waals surface area (Å²) in [5, 5.41) is 3.41. The van der Waals surface area contributed by atoms with Crippen LogP contribution in [0.4, 0.5) is 17.1 Å². The van der Waals surface area contributed by atoms with E-state index in [4.69, 9.17) is 5.73 Å². The van der Waals surface area contributed by atoms with Crippen molar-refractivity contribution >= 4 is 17.1 Å². The van der Waals surface area contributed by atoms with Crippen molar-refractivity contribution in [2.45, 2.75) is 13.8 Å². The molecule has 0 amide bonds. The van der Waals surface area contributed by atoms with E-state index in [0.29, 0.717) is 0 Å². The van der Waals surface area contributed by atoms with E-state index >= 15 is 0 Å². The number of anilines is 3. The highest BCUT2D eigenvalue weighted by Gasteiger charge is 2.01. The first-order valence-corrected chi connectivity index (χ1v) is 5.35. The Bertz CT molecular complexity index is 466. The number of para-hydroxylation sites is 1. The van der Waals surface area contributed by atoms with Gasteiger partial charge in [-0.15, -0.1) is 0 Å². The molecule has 3 N–H and O–H groups in total. The van der Waals surface area contributed by atoms with Crippen molar-refractivity contribution in [3.05, 3.63) is 53.6 Å². The summed E-state index contributed by atoms with van der Waals surface area (Å²) in [6, 6.07) is 14.0. The fourth-order valence-corrected chi connectivity index (χ4v) is 1.72. The van der Waals surface area contributed by atoms with Gasteiger partial charge in [0.05, 0.1) is 0 Å². The topological polar surface area (TPSA) is 38.0 Å². The van der Waals surface area contributed by atoms with Crippen LogP contribution in [0.3, 0.4) is 0 Å². The van der Waals surface area contributed by atoms with Crippen LogP contribution in [0.25, 0.3) is 0 Å². The monoisotopic (exact) mass is 212 g/mol. The molecule has 0 unspecified atom stereocenters. The van der Waals surface area contributed by atoms with Crippen LogP contribution in [0.2, 0.25) is 0 Å². The molecule has 2 rings (SSSR count). The second-order valence-corrected chi connectivity index (χ2v) is 4.01. The second-order valence-electron chi connectivity index (χ2n) is 4.01. The van der Waals surface area contributed by atoms with E-state index in [-0.39, 0.29) is 0 Å². The molecule has 16 heavy (non-hydrogen) atoms. The first-order valence-electron chi connectivity index (χ1n) is 5.35. The molecule has 2 nitrogen and oxygen atoms in total. The minimum Gasteiger partial charge on any atom is -0.399 e. The van der Waals surface area contributed by atoms with Gasteiger partial charge in [0, 0.05) is 17.1 Å². The van der Waals surface area contributed by atoms with Gasteiger partial charge in [-0.3, -0.25) is 0 Å². The lowest BCUT2D eigenvalue weighted by atomic mass is 10.1. The third-order valence-electron chi connectivity index (χ3n) is 2.66. The van der Waals surface area contributed by atoms with E-state index < -0.39 is 0 Å². The van der Waals surface area contributed by atoms with Crippen LogP contribution in [0.5, 0.6) is 0 Å². The maximum absolute atomic E-state index is 5.65. The third-order valence-corrected chi connectivity index (χ3v) is 2.66. The SMILES string of the molecule is Cc1cccc(C)c1Nc1ccc(N)cc1. The molecular weight excluding hydrogens is 196 g/mol. The van der Waals surface area contributed by atoms with Crippen molar-refractivity contribution in [1.82, 2.24) is 0 Å². The zero-order valence-corrected chi connectivity index (χ0v) is 9.62. The van der Waals surface area contributed by atoms with Gasteiger partial charge in [0.1, 0.15) is 0 Å². The smallest absolute Gasteiger partial charge is 0.0443 e. The highest BCUT2D eigenvalue weighted by Crippen LogP contribution is 2.24. The average molecular weight is 212 g/mol. The predicted molar refractivity (Wildman–Crippen MR) is 70.1 cm³/mol. The molecule has 0 heterocycles. The lowest BCUT2D eigenvalue weighted by Gasteiger charge is -2.12. The first-order chi connectivity index (χ1) is 7.66. The van der Waals surface area contributed by atoms with Crippen LogP contribution in [-0.4, -0.2) is 0 Å². The normalized spacial score (nSPS) is 10.1. The fourth-order valence-electron chi connectivity index (χ4n) is 1.72. The second kappa shape index (κ2) is 4.27. The van der Waals surface area contributed by atoms with Gasteiger partial charge in [-0.1, -0.05) is 18.2 Å². The van der Waals surface area contributed by atoms with Crippen LogP contribution in [0.15, 0.2) is 42.5 Å². The van der Waals surface area contributed by atoms with Crippen molar-refractivity contribution in [2.24, 2.45) is 0 Å². The highest BCUT2D eigenvalue weighted by atomic mass is 14.9. The van der Waals surface area contributed by atoms with Crippen molar-refractivity contribution in [2.75, 3.05) is 11.1 Å². The van der Waals surface area contributed by atoms with E-state index in [1.807, 2.05) is 24.3 Å². The molecule has 2 heteroatoms. The largest absolute Gasteiger partial charge is 0.399 e. The van der Waals surface area contributed by atoms with Gasteiger partial charge < -0.3 is 11.1 Å². The Morgan fingerprint density at radius 1 is 0.875 bits per heavy atom. The zero-order chi connectivity index (χ0) is 11.5. The molecule has 0 aliphatic rings. The molecule has 0 atom stereocenters. The summed E-state index contributed by atoms with van der Waals surface area (Å²) < 4.78 is 0. The molecule has 0 saturated heterocycles. The summed E-state index contributed by atoms with van der Waals surface area (Å²) in [7, 11) is 0. The summed E-state index contributed by atoms with van der Waals surface area (Å²) in [6.45, 7) is 4.21. The summed E-state index contributed by atoms with van der Waals surface area (Å²) >= 11 is 0. The van der Waals surface area contributed by atoms with Gasteiger partial charge in [0.2, 0.25) is 0 Å². The van der Waals surface area contributed by atoms with Crippen molar-refractivity contribution in [3.63, 3.8) is 0 Å². The van der Waals surface area contributed by atoms with Gasteiger partial charge in [-0.25, -0.2) is 0 Å². The number of aryl methyl sites for hydroxylation is 2. The Balaban J connectivity index is 2.30. The van der Waals surface area contributed by atoms with Gasteiger partial charge >= 0.3 is 0 Å². The van der Waals surface area contributed by atoms with E-state index in [0.717, 1.165) is 11.4 Å². The average Bonchev–Trinajstić information content (AvgIpc) is 2.26. The Kier molecular flexibility index (Phi) is 2.82. The number of rotatable bonds is 2. The molecule has 82 valence electrons. The first kappa shape index (κ1) is 10.6. The Labute approximate surface area is 96.1 Å². The number of nitrogens with one attached hydrogen (secondary N) is 1. The predicted octanol–water partition coefficient (Wildman–Crippen LogP) is 3.63. The van der Waals surface area contributed by atoms with Crippen LogP contribution in [0, 0.1) is 13.8 Å². The van der Waals surface area contributed by atoms with Crippen LogP contribution < -0.4 is 11.1 Å². The molecule has 2 aromatic carbocycles. The van der Waals surface area contributed by atoms with Crippen LogP contribution >= 0.6 is 0 Å². The quantitative estimate of drug-likeness (QED) is 0.746. The molecule has 0 spiro atoms. The molecule has 0 aliphatic heterocycles. The van der Waals surface area contributed by atoms with Crippen molar-refractivity contribution in [3.8, 4) is 0 Å². The number of nitrogens with two attached hydrogens (primary N) is 1. The van der Waals surface area contributed by atoms with Crippen molar-refractivity contribution < 1.29 is 0 Å². The number of hydrogen-bond donors (Lipinski definition) is 2. The molecule has 0 aromatic heterocycles. The minimum absolute atomic E-state index is 0.784. The van der Waals surface area contributed by atoms with E-state index in [1.165, 1.54) is 16.8 Å². The lowest BCUT2D eigenvalue weighted by Crippen LogP contribution is -1.96. The molecule has 0 fully saturated rings. The molecule has 0 aliphatic carbocycles. The van der Waals surface area contributed by atoms with Crippen LogP contribution in [0.1, 0.15) is 11.1 Å². The molecule has 0 saturated carbocycles.